The van der Waals surface area contributed by atoms with Crippen LogP contribution in [0.3, 0.4) is 0 Å². The lowest BCUT2D eigenvalue weighted by Crippen LogP contribution is -2.33. The van der Waals surface area contributed by atoms with Crippen LogP contribution in [0, 0.1) is 0 Å². The average molecular weight is 258 g/mol. The predicted octanol–water partition coefficient (Wildman–Crippen LogP) is 3.55. The molecule has 2 aliphatic rings. The fourth-order valence-corrected chi connectivity index (χ4v) is 3.41. The van der Waals surface area contributed by atoms with E-state index in [0.29, 0.717) is 5.37 Å². The van der Waals surface area contributed by atoms with Crippen LogP contribution in [0.2, 0.25) is 0 Å². The standard InChI is InChI=1S/C15H18N2S/c1-18-15-12-9-5-6-10-13(12)16-14(17-15)11-7-3-2-4-8-11/h2-4,7-8,15H,5-6,9-10H2,1H3,(H,16,17). The third-order valence-electron chi connectivity index (χ3n) is 3.59. The van der Waals surface area contributed by atoms with Crippen molar-refractivity contribution < 1.29 is 0 Å². The second-order valence-electron chi connectivity index (χ2n) is 4.77. The number of amidine groups is 1. The van der Waals surface area contributed by atoms with Gasteiger partial charge in [-0.3, -0.25) is 0 Å². The van der Waals surface area contributed by atoms with Crippen LogP contribution in [0.5, 0.6) is 0 Å². The lowest BCUT2D eigenvalue weighted by Gasteiger charge is -2.30. The Balaban J connectivity index is 1.93. The molecular formula is C15H18N2S. The van der Waals surface area contributed by atoms with Gasteiger partial charge < -0.3 is 5.32 Å². The highest BCUT2D eigenvalue weighted by molar-refractivity contribution is 7.99. The molecule has 0 saturated heterocycles. The summed E-state index contributed by atoms with van der Waals surface area (Å²) >= 11 is 1.84. The van der Waals surface area contributed by atoms with Crippen LogP contribution in [0.25, 0.3) is 0 Å². The van der Waals surface area contributed by atoms with E-state index in [4.69, 9.17) is 4.99 Å². The highest BCUT2D eigenvalue weighted by atomic mass is 32.2. The topological polar surface area (TPSA) is 24.4 Å². The summed E-state index contributed by atoms with van der Waals surface area (Å²) in [6.45, 7) is 0. The summed E-state index contributed by atoms with van der Waals surface area (Å²) < 4.78 is 0. The van der Waals surface area contributed by atoms with Crippen LogP contribution < -0.4 is 5.32 Å². The maximum atomic E-state index is 4.87. The van der Waals surface area contributed by atoms with E-state index in [2.05, 4.69) is 35.8 Å². The van der Waals surface area contributed by atoms with Crippen molar-refractivity contribution in [3.05, 3.63) is 47.2 Å². The highest BCUT2D eigenvalue weighted by Gasteiger charge is 2.25. The molecule has 0 bridgehead atoms. The summed E-state index contributed by atoms with van der Waals surface area (Å²) in [5.74, 6) is 1.04. The molecular weight excluding hydrogens is 240 g/mol. The van der Waals surface area contributed by atoms with Crippen LogP contribution >= 0.6 is 11.8 Å². The molecule has 1 unspecified atom stereocenters. The molecule has 1 N–H and O–H groups in total. The van der Waals surface area contributed by atoms with Crippen LogP contribution in [-0.4, -0.2) is 17.5 Å². The maximum absolute atomic E-state index is 4.87. The Morgan fingerprint density at radius 1 is 1.17 bits per heavy atom. The Labute approximate surface area is 113 Å². The number of benzene rings is 1. The molecule has 0 saturated carbocycles. The first-order chi connectivity index (χ1) is 8.88. The molecule has 0 spiro atoms. The molecule has 2 nitrogen and oxygen atoms in total. The van der Waals surface area contributed by atoms with Crippen molar-refractivity contribution in [3.8, 4) is 0 Å². The highest BCUT2D eigenvalue weighted by Crippen LogP contribution is 2.34. The lowest BCUT2D eigenvalue weighted by molar-refractivity contribution is 0.626. The van der Waals surface area contributed by atoms with E-state index in [1.165, 1.54) is 42.5 Å². The van der Waals surface area contributed by atoms with Gasteiger partial charge in [0.05, 0.1) is 0 Å². The smallest absolute Gasteiger partial charge is 0.134 e. The average Bonchev–Trinajstić information content (AvgIpc) is 2.47. The van der Waals surface area contributed by atoms with Crippen molar-refractivity contribution in [3.63, 3.8) is 0 Å². The van der Waals surface area contributed by atoms with Crippen LogP contribution in [0.15, 0.2) is 46.6 Å². The van der Waals surface area contributed by atoms with E-state index in [1.807, 2.05) is 17.8 Å². The summed E-state index contributed by atoms with van der Waals surface area (Å²) in [5, 5.41) is 3.87. The molecule has 3 heteroatoms. The first-order valence-corrected chi connectivity index (χ1v) is 7.82. The van der Waals surface area contributed by atoms with Crippen molar-refractivity contribution in [1.82, 2.24) is 5.32 Å². The molecule has 1 heterocycles. The number of thioether (sulfide) groups is 1. The molecule has 0 amide bonds. The number of nitrogens with one attached hydrogen (secondary N) is 1. The summed E-state index contributed by atoms with van der Waals surface area (Å²) in [6, 6.07) is 10.4. The van der Waals surface area contributed by atoms with Gasteiger partial charge in [0.25, 0.3) is 0 Å². The van der Waals surface area contributed by atoms with Gasteiger partial charge in [-0.15, -0.1) is 11.8 Å². The lowest BCUT2D eigenvalue weighted by atomic mass is 9.94. The first-order valence-electron chi connectivity index (χ1n) is 6.53. The zero-order valence-electron chi connectivity index (χ0n) is 10.6. The minimum Gasteiger partial charge on any atom is -0.343 e. The Kier molecular flexibility index (Phi) is 3.41. The number of hydrogen-bond donors (Lipinski definition) is 1. The van der Waals surface area contributed by atoms with Gasteiger partial charge in [-0.1, -0.05) is 30.3 Å². The van der Waals surface area contributed by atoms with E-state index >= 15 is 0 Å². The molecule has 1 aliphatic carbocycles. The van der Waals surface area contributed by atoms with E-state index < -0.39 is 0 Å². The molecule has 18 heavy (non-hydrogen) atoms. The SMILES string of the molecule is CSC1N=C(c2ccccc2)NC2=C1CCCC2. The van der Waals surface area contributed by atoms with Gasteiger partial charge in [-0.05, 0) is 37.5 Å². The van der Waals surface area contributed by atoms with Gasteiger partial charge in [0.2, 0.25) is 0 Å². The zero-order chi connectivity index (χ0) is 12.4. The predicted molar refractivity (Wildman–Crippen MR) is 78.9 cm³/mol. The van der Waals surface area contributed by atoms with Gasteiger partial charge in [-0.25, -0.2) is 4.99 Å². The Morgan fingerprint density at radius 2 is 1.94 bits per heavy atom. The van der Waals surface area contributed by atoms with Crippen LogP contribution in [0.4, 0.5) is 0 Å². The van der Waals surface area contributed by atoms with E-state index in [9.17, 15) is 0 Å². The molecule has 1 aromatic rings. The van der Waals surface area contributed by atoms with Crippen LogP contribution in [0.1, 0.15) is 31.2 Å². The number of allylic oxidation sites excluding steroid dienone is 1. The van der Waals surface area contributed by atoms with E-state index in [1.54, 1.807) is 0 Å². The second-order valence-corrected chi connectivity index (χ2v) is 5.69. The van der Waals surface area contributed by atoms with Gasteiger partial charge in [-0.2, -0.15) is 0 Å². The normalized spacial score (nSPS) is 23.2. The molecule has 0 radical (unpaired) electrons. The quantitative estimate of drug-likeness (QED) is 0.877. The molecule has 1 atom stereocenters. The summed E-state index contributed by atoms with van der Waals surface area (Å²) in [4.78, 5) is 4.87. The largest absolute Gasteiger partial charge is 0.343 e. The molecule has 1 aliphatic heterocycles. The molecule has 3 rings (SSSR count). The number of aliphatic imine (C=N–C) groups is 1. The van der Waals surface area contributed by atoms with Gasteiger partial charge in [0, 0.05) is 11.3 Å². The van der Waals surface area contributed by atoms with Crippen molar-refractivity contribution in [1.29, 1.82) is 0 Å². The Hall–Kier alpha value is -1.22. The maximum Gasteiger partial charge on any atom is 0.134 e. The summed E-state index contributed by atoms with van der Waals surface area (Å²) in [5.41, 5.74) is 4.14. The minimum atomic E-state index is 0.316. The van der Waals surface area contributed by atoms with Gasteiger partial charge in [0.15, 0.2) is 0 Å². The Morgan fingerprint density at radius 3 is 2.72 bits per heavy atom. The van der Waals surface area contributed by atoms with Crippen molar-refractivity contribution in [2.75, 3.05) is 6.26 Å². The number of rotatable bonds is 2. The van der Waals surface area contributed by atoms with Crippen molar-refractivity contribution in [2.45, 2.75) is 31.1 Å². The van der Waals surface area contributed by atoms with E-state index in [-0.39, 0.29) is 0 Å². The molecule has 1 aromatic carbocycles. The number of hydrogen-bond acceptors (Lipinski definition) is 3. The van der Waals surface area contributed by atoms with Crippen molar-refractivity contribution >= 4 is 17.6 Å². The monoisotopic (exact) mass is 258 g/mol. The molecule has 0 fully saturated rings. The minimum absolute atomic E-state index is 0.316. The van der Waals surface area contributed by atoms with Crippen molar-refractivity contribution in [2.24, 2.45) is 4.99 Å². The molecule has 94 valence electrons. The summed E-state index contributed by atoms with van der Waals surface area (Å²) in [6.07, 6.45) is 7.15. The summed E-state index contributed by atoms with van der Waals surface area (Å²) in [7, 11) is 0. The Bertz CT molecular complexity index is 490. The third kappa shape index (κ3) is 2.19. The van der Waals surface area contributed by atoms with E-state index in [0.717, 1.165) is 5.84 Å². The fourth-order valence-electron chi connectivity index (χ4n) is 2.65. The fraction of sp³-hybridized carbons (Fsp3) is 0.400. The van der Waals surface area contributed by atoms with Gasteiger partial charge >= 0.3 is 0 Å². The molecule has 0 aromatic heterocycles. The second kappa shape index (κ2) is 5.19. The first kappa shape index (κ1) is 11.8. The van der Waals surface area contributed by atoms with Gasteiger partial charge in [0.1, 0.15) is 11.2 Å². The van der Waals surface area contributed by atoms with Crippen LogP contribution in [-0.2, 0) is 0 Å². The third-order valence-corrected chi connectivity index (χ3v) is 4.43. The zero-order valence-corrected chi connectivity index (χ0v) is 11.5. The number of nitrogens with zero attached hydrogens (tertiary/aromatic N) is 1.